The normalized spacial score (nSPS) is 14.3. The maximum absolute atomic E-state index is 14.2. The largest absolute Gasteiger partial charge is 0.496 e. The van der Waals surface area contributed by atoms with E-state index in [4.69, 9.17) is 21.3 Å². The highest BCUT2D eigenvalue weighted by Gasteiger charge is 2.31. The molecular formula is C30H33ClN4O2. The molecule has 0 spiro atoms. The summed E-state index contributed by atoms with van der Waals surface area (Å²) in [5, 5.41) is 0.610. The summed E-state index contributed by atoms with van der Waals surface area (Å²) in [6.45, 7) is 4.61. The lowest BCUT2D eigenvalue weighted by Gasteiger charge is -2.38. The van der Waals surface area contributed by atoms with E-state index in [-0.39, 0.29) is 18.0 Å². The van der Waals surface area contributed by atoms with Gasteiger partial charge in [-0.25, -0.2) is 9.97 Å². The summed E-state index contributed by atoms with van der Waals surface area (Å²) in [6.07, 6.45) is 7.42. The number of carbonyl (C=O) groups is 1. The van der Waals surface area contributed by atoms with E-state index in [0.717, 1.165) is 29.5 Å². The van der Waals surface area contributed by atoms with Gasteiger partial charge in [-0.15, -0.1) is 0 Å². The van der Waals surface area contributed by atoms with E-state index in [9.17, 15) is 4.79 Å². The molecule has 0 aliphatic heterocycles. The summed E-state index contributed by atoms with van der Waals surface area (Å²) < 4.78 is 7.89. The van der Waals surface area contributed by atoms with E-state index < -0.39 is 0 Å². The summed E-state index contributed by atoms with van der Waals surface area (Å²) in [4.78, 5) is 25.6. The number of amides is 1. The van der Waals surface area contributed by atoms with E-state index in [2.05, 4.69) is 28.3 Å². The first-order chi connectivity index (χ1) is 18.0. The average molecular weight is 517 g/mol. The van der Waals surface area contributed by atoms with Crippen molar-refractivity contribution in [2.45, 2.75) is 64.6 Å². The van der Waals surface area contributed by atoms with Crippen LogP contribution in [0.2, 0.25) is 5.02 Å². The van der Waals surface area contributed by atoms with Crippen LogP contribution in [0.5, 0.6) is 5.75 Å². The minimum absolute atomic E-state index is 0.0534. The van der Waals surface area contributed by atoms with Gasteiger partial charge in [0.2, 0.25) is 0 Å². The van der Waals surface area contributed by atoms with E-state index in [1.54, 1.807) is 13.3 Å². The molecule has 6 nitrogen and oxygen atoms in total. The van der Waals surface area contributed by atoms with Crippen molar-refractivity contribution < 1.29 is 9.53 Å². The SMILES string of the molecule is COc1cccc(C(=O)N(C(C)C)C2CCCCC2)c1Cn1c(-c2ccccc2Cl)nc2ncccc21. The van der Waals surface area contributed by atoms with Crippen LogP contribution in [0.4, 0.5) is 0 Å². The molecule has 192 valence electrons. The van der Waals surface area contributed by atoms with Gasteiger partial charge in [-0.05, 0) is 63.1 Å². The number of halogens is 1. The van der Waals surface area contributed by atoms with Gasteiger partial charge in [0.15, 0.2) is 5.65 Å². The fourth-order valence-corrected chi connectivity index (χ4v) is 5.79. The number of imidazole rings is 1. The lowest BCUT2D eigenvalue weighted by Crippen LogP contribution is -2.46. The molecule has 0 N–H and O–H groups in total. The van der Waals surface area contributed by atoms with Crippen LogP contribution in [0, 0.1) is 0 Å². The van der Waals surface area contributed by atoms with Gasteiger partial charge < -0.3 is 14.2 Å². The third kappa shape index (κ3) is 4.95. The molecule has 0 saturated heterocycles. The van der Waals surface area contributed by atoms with Gasteiger partial charge in [0.25, 0.3) is 5.91 Å². The molecule has 1 amide bonds. The molecule has 2 aromatic carbocycles. The Morgan fingerprint density at radius 2 is 1.86 bits per heavy atom. The van der Waals surface area contributed by atoms with Gasteiger partial charge in [-0.2, -0.15) is 0 Å². The van der Waals surface area contributed by atoms with Crippen molar-refractivity contribution >= 4 is 28.7 Å². The second-order valence-electron chi connectivity index (χ2n) is 9.93. The lowest BCUT2D eigenvalue weighted by molar-refractivity contribution is 0.0553. The Morgan fingerprint density at radius 3 is 2.59 bits per heavy atom. The fourth-order valence-electron chi connectivity index (χ4n) is 5.57. The Bertz CT molecular complexity index is 1410. The van der Waals surface area contributed by atoms with E-state index in [1.165, 1.54) is 19.3 Å². The molecule has 0 atom stereocenters. The number of nitrogens with zero attached hydrogens (tertiary/aromatic N) is 4. The number of aromatic nitrogens is 3. The minimum atomic E-state index is 0.0534. The summed E-state index contributed by atoms with van der Waals surface area (Å²) in [5.41, 5.74) is 3.80. The van der Waals surface area contributed by atoms with E-state index in [0.29, 0.717) is 34.4 Å². The molecule has 1 fully saturated rings. The summed E-state index contributed by atoms with van der Waals surface area (Å²) in [7, 11) is 1.65. The molecule has 37 heavy (non-hydrogen) atoms. The van der Waals surface area contributed by atoms with Crippen molar-refractivity contribution in [3.05, 3.63) is 76.9 Å². The van der Waals surface area contributed by atoms with Gasteiger partial charge >= 0.3 is 0 Å². The first-order valence-electron chi connectivity index (χ1n) is 13.0. The van der Waals surface area contributed by atoms with Crippen molar-refractivity contribution in [1.82, 2.24) is 19.4 Å². The second kappa shape index (κ2) is 10.9. The Kier molecular flexibility index (Phi) is 7.47. The zero-order valence-corrected chi connectivity index (χ0v) is 22.4. The number of methoxy groups -OCH3 is 1. The Morgan fingerprint density at radius 1 is 1.08 bits per heavy atom. The van der Waals surface area contributed by atoms with Crippen LogP contribution in [0.3, 0.4) is 0 Å². The molecule has 0 bridgehead atoms. The molecule has 0 unspecified atom stereocenters. The van der Waals surface area contributed by atoms with Gasteiger partial charge in [0, 0.05) is 35.0 Å². The predicted octanol–water partition coefficient (Wildman–Crippen LogP) is 6.99. The number of hydrogen-bond donors (Lipinski definition) is 0. The summed E-state index contributed by atoms with van der Waals surface area (Å²) >= 11 is 6.60. The maximum Gasteiger partial charge on any atom is 0.254 e. The van der Waals surface area contributed by atoms with Crippen LogP contribution in [0.1, 0.15) is 61.9 Å². The van der Waals surface area contributed by atoms with Crippen molar-refractivity contribution in [3.63, 3.8) is 0 Å². The molecule has 4 aromatic rings. The van der Waals surface area contributed by atoms with Gasteiger partial charge in [-0.3, -0.25) is 4.79 Å². The van der Waals surface area contributed by atoms with Crippen LogP contribution in [0.15, 0.2) is 60.8 Å². The molecule has 0 radical (unpaired) electrons. The topological polar surface area (TPSA) is 60.2 Å². The van der Waals surface area contributed by atoms with Crippen molar-refractivity contribution in [3.8, 4) is 17.1 Å². The van der Waals surface area contributed by atoms with Crippen molar-refractivity contribution in [2.24, 2.45) is 0 Å². The molecule has 1 aliphatic carbocycles. The molecule has 1 aliphatic rings. The zero-order valence-electron chi connectivity index (χ0n) is 21.7. The number of hydrogen-bond acceptors (Lipinski definition) is 4. The first-order valence-corrected chi connectivity index (χ1v) is 13.4. The Labute approximate surface area is 223 Å². The van der Waals surface area contributed by atoms with Gasteiger partial charge in [-0.1, -0.05) is 49.1 Å². The Hall–Kier alpha value is -3.38. The predicted molar refractivity (Wildman–Crippen MR) is 148 cm³/mol. The smallest absolute Gasteiger partial charge is 0.254 e. The van der Waals surface area contributed by atoms with Crippen LogP contribution in [0.25, 0.3) is 22.6 Å². The number of ether oxygens (including phenoxy) is 1. The minimum Gasteiger partial charge on any atom is -0.496 e. The molecule has 5 rings (SSSR count). The fraction of sp³-hybridized carbons (Fsp3) is 0.367. The van der Waals surface area contributed by atoms with Crippen LogP contribution >= 0.6 is 11.6 Å². The molecule has 7 heteroatoms. The quantitative estimate of drug-likeness (QED) is 0.265. The average Bonchev–Trinajstić information content (AvgIpc) is 3.27. The van der Waals surface area contributed by atoms with Crippen LogP contribution in [-0.2, 0) is 6.54 Å². The Balaban J connectivity index is 1.64. The number of fused-ring (bicyclic) bond motifs is 1. The molecule has 1 saturated carbocycles. The molecule has 2 aromatic heterocycles. The standard InChI is InChI=1S/C30H33ClN4O2/c1-20(2)35(21-11-5-4-6-12-21)30(36)22-14-9-17-27(37-3)24(22)19-34-26-16-10-18-32-28(26)33-29(34)23-13-7-8-15-25(23)31/h7-10,13-18,20-21H,4-6,11-12,19H2,1-3H3. The number of rotatable bonds is 7. The van der Waals surface area contributed by atoms with Crippen LogP contribution in [-0.4, -0.2) is 44.5 Å². The van der Waals surface area contributed by atoms with Crippen molar-refractivity contribution in [2.75, 3.05) is 7.11 Å². The summed E-state index contributed by atoms with van der Waals surface area (Å²) in [6, 6.07) is 17.7. The zero-order chi connectivity index (χ0) is 25.9. The highest BCUT2D eigenvalue weighted by molar-refractivity contribution is 6.33. The third-order valence-electron chi connectivity index (χ3n) is 7.30. The maximum atomic E-state index is 14.2. The molecule has 2 heterocycles. The summed E-state index contributed by atoms with van der Waals surface area (Å²) in [5.74, 6) is 1.43. The highest BCUT2D eigenvalue weighted by atomic mass is 35.5. The van der Waals surface area contributed by atoms with Crippen LogP contribution < -0.4 is 4.74 Å². The van der Waals surface area contributed by atoms with E-state index >= 15 is 0 Å². The van der Waals surface area contributed by atoms with Crippen molar-refractivity contribution in [1.29, 1.82) is 0 Å². The lowest BCUT2D eigenvalue weighted by atomic mass is 9.92. The van der Waals surface area contributed by atoms with Gasteiger partial charge in [0.05, 0.1) is 24.2 Å². The number of benzene rings is 2. The van der Waals surface area contributed by atoms with Gasteiger partial charge in [0.1, 0.15) is 11.6 Å². The number of pyridine rings is 1. The second-order valence-corrected chi connectivity index (χ2v) is 10.3. The first kappa shape index (κ1) is 25.3. The third-order valence-corrected chi connectivity index (χ3v) is 7.63. The number of carbonyl (C=O) groups excluding carboxylic acids is 1. The highest BCUT2D eigenvalue weighted by Crippen LogP contribution is 2.34. The molecular weight excluding hydrogens is 484 g/mol. The van der Waals surface area contributed by atoms with E-state index in [1.807, 2.05) is 54.6 Å². The monoisotopic (exact) mass is 516 g/mol.